The van der Waals surface area contributed by atoms with Gasteiger partial charge in [-0.15, -0.1) is 0 Å². The lowest BCUT2D eigenvalue weighted by atomic mass is 10.1. The molecular weight excluding hydrogens is 396 g/mol. The highest BCUT2D eigenvalue weighted by molar-refractivity contribution is 7.89. The molecule has 0 spiro atoms. The van der Waals surface area contributed by atoms with Crippen LogP contribution in [0.3, 0.4) is 0 Å². The number of hydrogen-bond donors (Lipinski definition) is 1. The average Bonchev–Trinajstić information content (AvgIpc) is 2.66. The molecule has 1 amide bonds. The summed E-state index contributed by atoms with van der Waals surface area (Å²) < 4.78 is 35.4. The molecule has 0 fully saturated rings. The summed E-state index contributed by atoms with van der Waals surface area (Å²) in [5.74, 6) is -0.648. The van der Waals surface area contributed by atoms with Crippen LogP contribution in [0.5, 0.6) is 5.75 Å². The van der Waals surface area contributed by atoms with Gasteiger partial charge in [0.2, 0.25) is 10.0 Å². The van der Waals surface area contributed by atoms with Gasteiger partial charge in [0.15, 0.2) is 13.2 Å². The summed E-state index contributed by atoms with van der Waals surface area (Å²) in [6.45, 7) is 3.04. The molecule has 29 heavy (non-hydrogen) atoms. The smallest absolute Gasteiger partial charge is 0.344 e. The van der Waals surface area contributed by atoms with Crippen molar-refractivity contribution in [3.05, 3.63) is 53.6 Å². The molecule has 0 saturated carbocycles. The number of nitrogens with zero attached hydrogens (tertiary/aromatic N) is 1. The Kier molecular flexibility index (Phi) is 7.35. The summed E-state index contributed by atoms with van der Waals surface area (Å²) in [5, 5.41) is 2.53. The van der Waals surface area contributed by atoms with Crippen LogP contribution < -0.4 is 10.1 Å². The maximum absolute atomic E-state index is 12.0. The van der Waals surface area contributed by atoms with Crippen molar-refractivity contribution in [2.45, 2.75) is 18.7 Å². The van der Waals surface area contributed by atoms with Gasteiger partial charge in [-0.3, -0.25) is 4.79 Å². The van der Waals surface area contributed by atoms with Crippen molar-refractivity contribution in [2.75, 3.05) is 32.6 Å². The Hall–Kier alpha value is -2.91. The molecule has 0 radical (unpaired) electrons. The number of esters is 1. The highest BCUT2D eigenvalue weighted by Gasteiger charge is 2.17. The van der Waals surface area contributed by atoms with Crippen LogP contribution in [0, 0.1) is 13.8 Å². The summed E-state index contributed by atoms with van der Waals surface area (Å²) in [4.78, 5) is 23.8. The van der Waals surface area contributed by atoms with E-state index in [1.165, 1.54) is 38.4 Å². The van der Waals surface area contributed by atoms with Crippen molar-refractivity contribution in [3.63, 3.8) is 0 Å². The largest absolute Gasteiger partial charge is 0.482 e. The fourth-order valence-electron chi connectivity index (χ4n) is 2.40. The Morgan fingerprint density at radius 1 is 1.00 bits per heavy atom. The number of benzene rings is 2. The van der Waals surface area contributed by atoms with Crippen molar-refractivity contribution in [1.82, 2.24) is 4.31 Å². The van der Waals surface area contributed by atoms with E-state index in [2.05, 4.69) is 5.32 Å². The molecule has 2 aromatic carbocycles. The first-order valence-corrected chi connectivity index (χ1v) is 10.2. The van der Waals surface area contributed by atoms with E-state index in [0.29, 0.717) is 11.4 Å². The Morgan fingerprint density at radius 2 is 1.66 bits per heavy atom. The van der Waals surface area contributed by atoms with Gasteiger partial charge in [-0.25, -0.2) is 17.5 Å². The number of aryl methyl sites for hydroxylation is 2. The van der Waals surface area contributed by atoms with E-state index in [1.807, 2.05) is 26.0 Å². The first-order valence-electron chi connectivity index (χ1n) is 8.77. The second-order valence-corrected chi connectivity index (χ2v) is 8.73. The van der Waals surface area contributed by atoms with Crippen LogP contribution in [-0.4, -0.2) is 51.9 Å². The molecule has 0 bridgehead atoms. The number of ether oxygens (including phenoxy) is 2. The van der Waals surface area contributed by atoms with Crippen LogP contribution in [0.4, 0.5) is 5.69 Å². The van der Waals surface area contributed by atoms with E-state index in [4.69, 9.17) is 9.47 Å². The number of nitrogens with one attached hydrogen (secondary N) is 1. The van der Waals surface area contributed by atoms with E-state index in [9.17, 15) is 18.0 Å². The molecule has 0 unspecified atom stereocenters. The predicted octanol–water partition coefficient (Wildman–Crippen LogP) is 2.11. The Morgan fingerprint density at radius 3 is 2.24 bits per heavy atom. The minimum atomic E-state index is -3.54. The second kappa shape index (κ2) is 9.53. The summed E-state index contributed by atoms with van der Waals surface area (Å²) >= 11 is 0. The monoisotopic (exact) mass is 420 g/mol. The van der Waals surface area contributed by atoms with Gasteiger partial charge in [-0.2, -0.15) is 0 Å². The normalized spacial score (nSPS) is 11.2. The second-order valence-electron chi connectivity index (χ2n) is 6.58. The summed E-state index contributed by atoms with van der Waals surface area (Å²) in [5.41, 5.74) is 2.37. The van der Waals surface area contributed by atoms with Crippen molar-refractivity contribution in [1.29, 1.82) is 0 Å². The molecule has 0 atom stereocenters. The van der Waals surface area contributed by atoms with Crippen molar-refractivity contribution >= 4 is 27.6 Å². The third kappa shape index (κ3) is 6.30. The molecule has 9 heteroatoms. The molecule has 0 aliphatic heterocycles. The number of sulfonamides is 1. The Labute approximate surface area is 170 Å². The SMILES string of the molecule is Cc1ccc(OCC(=O)OCC(=O)Nc2ccc(S(=O)(=O)N(C)C)cc2)c(C)c1. The highest BCUT2D eigenvalue weighted by Crippen LogP contribution is 2.19. The van der Waals surface area contributed by atoms with Gasteiger partial charge in [-0.05, 0) is 49.7 Å². The van der Waals surface area contributed by atoms with Gasteiger partial charge in [0.1, 0.15) is 5.75 Å². The Balaban J connectivity index is 1.81. The number of carbonyl (C=O) groups is 2. The van der Waals surface area contributed by atoms with E-state index in [0.717, 1.165) is 15.4 Å². The molecule has 0 saturated heterocycles. The van der Waals surface area contributed by atoms with Crippen LogP contribution >= 0.6 is 0 Å². The standard InChI is InChI=1S/C20H24N2O6S/c1-14-5-10-18(15(2)11-14)27-13-20(24)28-12-19(23)21-16-6-8-17(9-7-16)29(25,26)22(3)4/h5-11H,12-13H2,1-4H3,(H,21,23). The minimum Gasteiger partial charge on any atom is -0.482 e. The number of rotatable bonds is 8. The van der Waals surface area contributed by atoms with Gasteiger partial charge in [-0.1, -0.05) is 17.7 Å². The summed E-state index contributed by atoms with van der Waals surface area (Å²) in [6.07, 6.45) is 0. The van der Waals surface area contributed by atoms with Gasteiger partial charge < -0.3 is 14.8 Å². The number of carbonyl (C=O) groups excluding carboxylic acids is 2. The van der Waals surface area contributed by atoms with E-state index in [-0.39, 0.29) is 11.5 Å². The van der Waals surface area contributed by atoms with E-state index < -0.39 is 28.5 Å². The number of amides is 1. The minimum absolute atomic E-state index is 0.107. The fourth-order valence-corrected chi connectivity index (χ4v) is 3.31. The van der Waals surface area contributed by atoms with E-state index in [1.54, 1.807) is 6.07 Å². The molecule has 0 aliphatic rings. The first-order chi connectivity index (χ1) is 13.6. The van der Waals surface area contributed by atoms with E-state index >= 15 is 0 Å². The van der Waals surface area contributed by atoms with Crippen LogP contribution in [0.2, 0.25) is 0 Å². The quantitative estimate of drug-likeness (QED) is 0.657. The average molecular weight is 420 g/mol. The van der Waals surface area contributed by atoms with Gasteiger partial charge in [0.05, 0.1) is 4.90 Å². The third-order valence-corrected chi connectivity index (χ3v) is 5.79. The van der Waals surface area contributed by atoms with Crippen molar-refractivity contribution in [2.24, 2.45) is 0 Å². The van der Waals surface area contributed by atoms with Crippen LogP contribution in [-0.2, 0) is 24.3 Å². The molecule has 1 N–H and O–H groups in total. The predicted molar refractivity (Wildman–Crippen MR) is 108 cm³/mol. The topological polar surface area (TPSA) is 102 Å². The molecule has 156 valence electrons. The Bertz CT molecular complexity index is 985. The van der Waals surface area contributed by atoms with Crippen LogP contribution in [0.15, 0.2) is 47.4 Å². The summed E-state index contributed by atoms with van der Waals surface area (Å²) in [7, 11) is -0.674. The van der Waals surface area contributed by atoms with Gasteiger partial charge >= 0.3 is 5.97 Å². The molecule has 0 aromatic heterocycles. The highest BCUT2D eigenvalue weighted by atomic mass is 32.2. The zero-order chi connectivity index (χ0) is 21.6. The summed E-state index contributed by atoms with van der Waals surface area (Å²) in [6, 6.07) is 11.3. The van der Waals surface area contributed by atoms with Crippen molar-refractivity contribution < 1.29 is 27.5 Å². The van der Waals surface area contributed by atoms with Crippen LogP contribution in [0.1, 0.15) is 11.1 Å². The lowest BCUT2D eigenvalue weighted by Gasteiger charge is -2.12. The number of hydrogen-bond acceptors (Lipinski definition) is 6. The third-order valence-electron chi connectivity index (χ3n) is 3.96. The molecule has 0 heterocycles. The fraction of sp³-hybridized carbons (Fsp3) is 0.300. The van der Waals surface area contributed by atoms with Gasteiger partial charge in [0, 0.05) is 19.8 Å². The number of anilines is 1. The first kappa shape index (κ1) is 22.4. The lowest BCUT2D eigenvalue weighted by Crippen LogP contribution is -2.24. The maximum Gasteiger partial charge on any atom is 0.344 e. The molecule has 8 nitrogen and oxygen atoms in total. The van der Waals surface area contributed by atoms with Crippen molar-refractivity contribution in [3.8, 4) is 5.75 Å². The zero-order valence-electron chi connectivity index (χ0n) is 16.8. The molecular formula is C20H24N2O6S. The van der Waals surface area contributed by atoms with Crippen LogP contribution in [0.25, 0.3) is 0 Å². The lowest BCUT2D eigenvalue weighted by molar-refractivity contribution is -0.149. The molecule has 0 aliphatic carbocycles. The molecule has 2 rings (SSSR count). The van der Waals surface area contributed by atoms with Gasteiger partial charge in [0.25, 0.3) is 5.91 Å². The molecule has 2 aromatic rings. The zero-order valence-corrected chi connectivity index (χ0v) is 17.6. The maximum atomic E-state index is 12.0.